The molecule has 0 aromatic heterocycles. The van der Waals surface area contributed by atoms with Gasteiger partial charge in [-0.15, -0.1) is 0 Å². The Hall–Kier alpha value is -2.05. The lowest BCUT2D eigenvalue weighted by molar-refractivity contribution is -0.192. The molecule has 2 heterocycles. The van der Waals surface area contributed by atoms with Crippen molar-refractivity contribution < 1.29 is 23.4 Å². The van der Waals surface area contributed by atoms with Crippen LogP contribution in [0.2, 0.25) is 18.1 Å². The van der Waals surface area contributed by atoms with Crippen molar-refractivity contribution in [2.45, 2.75) is 101 Å². The predicted octanol–water partition coefficient (Wildman–Crippen LogP) is 5.20. The Balaban J connectivity index is 1.66. The van der Waals surface area contributed by atoms with Gasteiger partial charge in [0.2, 0.25) is 0 Å². The monoisotopic (exact) mass is 512 g/mol. The first-order chi connectivity index (χ1) is 16.7. The zero-order chi connectivity index (χ0) is 26.4. The van der Waals surface area contributed by atoms with E-state index in [1.54, 1.807) is 0 Å². The Bertz CT molecular complexity index is 1060. The maximum Gasteiger partial charge on any atom is 0.353 e. The summed E-state index contributed by atoms with van der Waals surface area (Å²) in [4.78, 5) is 18.0. The summed E-state index contributed by atoms with van der Waals surface area (Å²) in [5.74, 6) is -1.39. The molecule has 8 heteroatoms. The minimum absolute atomic E-state index is 0.0873. The van der Waals surface area contributed by atoms with Gasteiger partial charge in [-0.2, -0.15) is 5.26 Å². The average molecular weight is 513 g/mol. The molecule has 196 valence electrons. The van der Waals surface area contributed by atoms with Crippen LogP contribution in [0.4, 0.5) is 0 Å². The molecule has 0 amide bonds. The standard InChI is InChI=1S/C28H40N2O5Si/c1-25(2,3)36(6,7)33-14-13-21-16-27(19-32-26(4,5)35-27)17-23-28(21,18-29)30-22(24(31)34-23)15-20-11-9-8-10-12-20/h8-12,21,23H,13-17,19H2,1-7H3/t21-,23-,27-,28+/m0/s1. The molecule has 3 aliphatic rings. The molecule has 1 aliphatic carbocycles. The first-order valence-electron chi connectivity index (χ1n) is 12.9. The summed E-state index contributed by atoms with van der Waals surface area (Å²) in [6, 6.07) is 12.2. The molecule has 0 radical (unpaired) electrons. The molecule has 2 fully saturated rings. The number of nitriles is 1. The van der Waals surface area contributed by atoms with E-state index in [2.05, 4.69) is 39.9 Å². The summed E-state index contributed by atoms with van der Waals surface area (Å²) in [5.41, 5.74) is -0.535. The second kappa shape index (κ2) is 9.36. The Morgan fingerprint density at radius 2 is 1.89 bits per heavy atom. The van der Waals surface area contributed by atoms with Crippen molar-refractivity contribution in [3.8, 4) is 6.07 Å². The number of hydrogen-bond acceptors (Lipinski definition) is 7. The lowest BCUT2D eigenvalue weighted by Gasteiger charge is -2.50. The summed E-state index contributed by atoms with van der Waals surface area (Å²) < 4.78 is 24.9. The fourth-order valence-electron chi connectivity index (χ4n) is 5.38. The van der Waals surface area contributed by atoms with Gasteiger partial charge in [0.05, 0.1) is 18.3 Å². The van der Waals surface area contributed by atoms with Crippen LogP contribution < -0.4 is 0 Å². The number of hydrogen-bond donors (Lipinski definition) is 0. The molecule has 1 aromatic carbocycles. The Labute approximate surface area is 216 Å². The first-order valence-corrected chi connectivity index (χ1v) is 15.8. The van der Waals surface area contributed by atoms with E-state index in [9.17, 15) is 10.1 Å². The molecular formula is C28H40N2O5Si. The number of carbonyl (C=O) groups is 1. The third kappa shape index (κ3) is 5.17. The van der Waals surface area contributed by atoms with Crippen LogP contribution in [0.3, 0.4) is 0 Å². The Morgan fingerprint density at radius 1 is 1.19 bits per heavy atom. The van der Waals surface area contributed by atoms with Crippen molar-refractivity contribution in [1.29, 1.82) is 5.26 Å². The van der Waals surface area contributed by atoms with Gasteiger partial charge in [-0.25, -0.2) is 4.79 Å². The first kappa shape index (κ1) is 27.0. The largest absolute Gasteiger partial charge is 0.454 e. The van der Waals surface area contributed by atoms with Crippen LogP contribution in [-0.2, 0) is 29.9 Å². The highest BCUT2D eigenvalue weighted by Crippen LogP contribution is 2.51. The maximum absolute atomic E-state index is 13.1. The molecule has 1 saturated heterocycles. The van der Waals surface area contributed by atoms with Crippen molar-refractivity contribution >= 4 is 20.0 Å². The molecule has 0 N–H and O–H groups in total. The minimum atomic E-state index is -1.97. The van der Waals surface area contributed by atoms with Gasteiger partial charge >= 0.3 is 5.97 Å². The predicted molar refractivity (Wildman–Crippen MR) is 140 cm³/mol. The van der Waals surface area contributed by atoms with Crippen molar-refractivity contribution in [1.82, 2.24) is 0 Å². The van der Waals surface area contributed by atoms with E-state index in [1.807, 2.05) is 44.2 Å². The highest BCUT2D eigenvalue weighted by Gasteiger charge is 2.63. The van der Waals surface area contributed by atoms with Crippen LogP contribution in [0.25, 0.3) is 0 Å². The summed E-state index contributed by atoms with van der Waals surface area (Å²) in [5, 5.41) is 10.7. The van der Waals surface area contributed by atoms with Gasteiger partial charge < -0.3 is 18.6 Å². The van der Waals surface area contributed by atoms with Gasteiger partial charge in [0.15, 0.2) is 19.6 Å². The zero-order valence-electron chi connectivity index (χ0n) is 22.7. The number of carbonyl (C=O) groups excluding carboxylic acids is 1. The van der Waals surface area contributed by atoms with Crippen LogP contribution >= 0.6 is 0 Å². The summed E-state index contributed by atoms with van der Waals surface area (Å²) >= 11 is 0. The Morgan fingerprint density at radius 3 is 2.47 bits per heavy atom. The third-order valence-corrected chi connectivity index (χ3v) is 12.9. The van der Waals surface area contributed by atoms with Crippen molar-refractivity contribution in [2.24, 2.45) is 10.9 Å². The van der Waals surface area contributed by atoms with E-state index in [4.69, 9.17) is 23.6 Å². The highest BCUT2D eigenvalue weighted by molar-refractivity contribution is 6.74. The molecule has 1 saturated carbocycles. The van der Waals surface area contributed by atoms with E-state index in [1.165, 1.54) is 0 Å². The van der Waals surface area contributed by atoms with Crippen LogP contribution in [0.15, 0.2) is 35.3 Å². The third-order valence-electron chi connectivity index (χ3n) is 8.37. The molecule has 2 aliphatic heterocycles. The summed E-state index contributed by atoms with van der Waals surface area (Å²) in [7, 11) is -1.97. The van der Waals surface area contributed by atoms with Crippen molar-refractivity contribution in [3.05, 3.63) is 35.9 Å². The molecule has 7 nitrogen and oxygen atoms in total. The van der Waals surface area contributed by atoms with E-state index >= 15 is 0 Å². The molecule has 0 bridgehead atoms. The van der Waals surface area contributed by atoms with Crippen molar-refractivity contribution in [3.63, 3.8) is 0 Å². The van der Waals surface area contributed by atoms with E-state index in [-0.39, 0.29) is 11.0 Å². The average Bonchev–Trinajstić information content (AvgIpc) is 3.08. The summed E-state index contributed by atoms with van der Waals surface area (Å²) in [6.07, 6.45) is 1.25. The van der Waals surface area contributed by atoms with Gasteiger partial charge in [-0.3, -0.25) is 4.99 Å². The van der Waals surface area contributed by atoms with Crippen LogP contribution in [0.1, 0.15) is 59.4 Å². The normalized spacial score (nSPS) is 31.9. The number of fused-ring (bicyclic) bond motifs is 1. The fourth-order valence-corrected chi connectivity index (χ4v) is 6.44. The number of ether oxygens (including phenoxy) is 3. The van der Waals surface area contributed by atoms with Gasteiger partial charge in [0.25, 0.3) is 0 Å². The van der Waals surface area contributed by atoms with E-state index < -0.39 is 37.3 Å². The minimum Gasteiger partial charge on any atom is -0.454 e. The smallest absolute Gasteiger partial charge is 0.353 e. The second-order valence-electron chi connectivity index (χ2n) is 12.5. The van der Waals surface area contributed by atoms with Gasteiger partial charge in [0.1, 0.15) is 11.8 Å². The molecule has 4 rings (SSSR count). The molecule has 36 heavy (non-hydrogen) atoms. The number of rotatable bonds is 6. The fraction of sp³-hybridized carbons (Fsp3) is 0.679. The van der Waals surface area contributed by atoms with Crippen molar-refractivity contribution in [2.75, 3.05) is 13.2 Å². The van der Waals surface area contributed by atoms with E-state index in [0.717, 1.165) is 5.56 Å². The lowest BCUT2D eigenvalue weighted by Crippen LogP contribution is -2.62. The van der Waals surface area contributed by atoms with Crippen LogP contribution in [-0.4, -0.2) is 56.2 Å². The number of esters is 1. The highest BCUT2D eigenvalue weighted by atomic mass is 28.4. The number of aliphatic imine (C=N–C) groups is 1. The SMILES string of the molecule is CC1(C)OC[C@@]2(C[C@H](CCO[Si](C)(C)C(C)(C)C)[C@@]3(C#N)N=C(Cc4ccccc4)C(=O)O[C@H]3C2)O1. The van der Waals surface area contributed by atoms with Crippen LogP contribution in [0.5, 0.6) is 0 Å². The van der Waals surface area contributed by atoms with Gasteiger partial charge in [-0.05, 0) is 50.4 Å². The van der Waals surface area contributed by atoms with Crippen LogP contribution in [0, 0.1) is 17.2 Å². The lowest BCUT2D eigenvalue weighted by atomic mass is 9.64. The number of benzene rings is 1. The molecule has 1 aromatic rings. The summed E-state index contributed by atoms with van der Waals surface area (Å²) in [6.45, 7) is 15.8. The zero-order valence-corrected chi connectivity index (χ0v) is 23.7. The Kier molecular flexibility index (Phi) is 7.02. The quantitative estimate of drug-likeness (QED) is 0.384. The molecule has 0 unspecified atom stereocenters. The van der Waals surface area contributed by atoms with E-state index in [0.29, 0.717) is 44.6 Å². The molecular weight excluding hydrogens is 472 g/mol. The topological polar surface area (TPSA) is 90.1 Å². The van der Waals surface area contributed by atoms with Gasteiger partial charge in [0, 0.05) is 25.4 Å². The molecule has 4 atom stereocenters. The number of nitrogens with zero attached hydrogens (tertiary/aromatic N) is 2. The van der Waals surface area contributed by atoms with Gasteiger partial charge in [-0.1, -0.05) is 51.1 Å². The molecule has 1 spiro atoms. The second-order valence-corrected chi connectivity index (χ2v) is 17.3. The maximum atomic E-state index is 13.1.